The number of nitrogens with two attached hydrogens (primary N) is 1. The minimum absolute atomic E-state index is 0.155. The summed E-state index contributed by atoms with van der Waals surface area (Å²) in [5.41, 5.74) is 7.36. The van der Waals surface area contributed by atoms with Crippen LogP contribution in [0.25, 0.3) is 0 Å². The predicted molar refractivity (Wildman–Crippen MR) is 103 cm³/mol. The van der Waals surface area contributed by atoms with Gasteiger partial charge in [-0.25, -0.2) is 0 Å². The van der Waals surface area contributed by atoms with Crippen molar-refractivity contribution < 1.29 is 14.7 Å². The van der Waals surface area contributed by atoms with Crippen molar-refractivity contribution in [1.82, 2.24) is 0 Å². The van der Waals surface area contributed by atoms with Gasteiger partial charge in [-0.05, 0) is 48.7 Å². The number of hydrogen-bond acceptors (Lipinski definition) is 4. The van der Waals surface area contributed by atoms with Crippen LogP contribution in [-0.2, 0) is 15.2 Å². The monoisotopic (exact) mass is 355 g/mol. The van der Waals surface area contributed by atoms with Gasteiger partial charge in [-0.3, -0.25) is 9.59 Å². The molecule has 0 radical (unpaired) electrons. The standard InChI is InChI=1S/C20H25N3O3/c1-13(21)12-20(26,16-4-8-18(9-5-16)22-14(2)24)17-6-10-19(11-7-17)23-15(3)25/h4-11,13,26H,12,21H2,1-3H3,(H,22,24)(H,23,25)/t13-/m0/s1. The zero-order valence-corrected chi connectivity index (χ0v) is 15.2. The van der Waals surface area contributed by atoms with E-state index >= 15 is 0 Å². The van der Waals surface area contributed by atoms with Crippen molar-refractivity contribution in [3.63, 3.8) is 0 Å². The van der Waals surface area contributed by atoms with Crippen LogP contribution >= 0.6 is 0 Å². The van der Waals surface area contributed by atoms with Crippen molar-refractivity contribution in [2.24, 2.45) is 5.73 Å². The third kappa shape index (κ3) is 4.91. The van der Waals surface area contributed by atoms with Crippen LogP contribution in [0.3, 0.4) is 0 Å². The highest BCUT2D eigenvalue weighted by Crippen LogP contribution is 2.35. The first-order chi connectivity index (χ1) is 12.2. The average Bonchev–Trinajstić information content (AvgIpc) is 2.54. The highest BCUT2D eigenvalue weighted by atomic mass is 16.3. The van der Waals surface area contributed by atoms with Gasteiger partial charge in [0.1, 0.15) is 5.60 Å². The van der Waals surface area contributed by atoms with Crippen LogP contribution in [0.2, 0.25) is 0 Å². The topological polar surface area (TPSA) is 104 Å². The Morgan fingerprint density at radius 3 is 1.54 bits per heavy atom. The van der Waals surface area contributed by atoms with Gasteiger partial charge < -0.3 is 21.5 Å². The molecule has 0 bridgehead atoms. The Hall–Kier alpha value is -2.70. The first kappa shape index (κ1) is 19.6. The van der Waals surface area contributed by atoms with Crippen LogP contribution < -0.4 is 16.4 Å². The largest absolute Gasteiger partial charge is 0.380 e. The van der Waals surface area contributed by atoms with Crippen molar-refractivity contribution in [1.29, 1.82) is 0 Å². The Kier molecular flexibility index (Phi) is 6.13. The molecule has 5 N–H and O–H groups in total. The number of benzene rings is 2. The third-order valence-electron chi connectivity index (χ3n) is 3.98. The zero-order chi connectivity index (χ0) is 19.3. The van der Waals surface area contributed by atoms with Crippen LogP contribution in [0, 0.1) is 0 Å². The van der Waals surface area contributed by atoms with E-state index in [9.17, 15) is 14.7 Å². The fourth-order valence-electron chi connectivity index (χ4n) is 2.93. The van der Waals surface area contributed by atoms with Gasteiger partial charge in [0.2, 0.25) is 11.8 Å². The summed E-state index contributed by atoms with van der Waals surface area (Å²) in [5.74, 6) is -0.311. The summed E-state index contributed by atoms with van der Waals surface area (Å²) in [6.45, 7) is 4.72. The molecule has 2 rings (SSSR count). The molecule has 0 aliphatic carbocycles. The number of aliphatic hydroxyl groups is 1. The number of hydrogen-bond donors (Lipinski definition) is 4. The molecule has 6 heteroatoms. The lowest BCUT2D eigenvalue weighted by molar-refractivity contribution is -0.115. The van der Waals surface area contributed by atoms with Gasteiger partial charge in [0.05, 0.1) is 0 Å². The number of anilines is 2. The van der Waals surface area contributed by atoms with Crippen LogP contribution in [-0.4, -0.2) is 23.0 Å². The van der Waals surface area contributed by atoms with Crippen molar-refractivity contribution in [3.05, 3.63) is 59.7 Å². The van der Waals surface area contributed by atoms with Crippen LogP contribution in [0.1, 0.15) is 38.3 Å². The molecule has 0 saturated carbocycles. The lowest BCUT2D eigenvalue weighted by Gasteiger charge is -2.31. The molecule has 1 atom stereocenters. The highest BCUT2D eigenvalue weighted by Gasteiger charge is 2.32. The fraction of sp³-hybridized carbons (Fsp3) is 0.300. The minimum Gasteiger partial charge on any atom is -0.380 e. The summed E-state index contributed by atoms with van der Waals surface area (Å²) < 4.78 is 0. The second-order valence-electron chi connectivity index (χ2n) is 6.56. The molecule has 0 heterocycles. The lowest BCUT2D eigenvalue weighted by atomic mass is 9.81. The summed E-state index contributed by atoms with van der Waals surface area (Å²) in [4.78, 5) is 22.3. The second-order valence-corrected chi connectivity index (χ2v) is 6.56. The van der Waals surface area contributed by atoms with Gasteiger partial charge >= 0.3 is 0 Å². The van der Waals surface area contributed by atoms with Gasteiger partial charge in [0, 0.05) is 31.3 Å². The molecule has 0 aliphatic heterocycles. The van der Waals surface area contributed by atoms with Gasteiger partial charge in [0.15, 0.2) is 0 Å². The molecule has 2 aromatic rings. The van der Waals surface area contributed by atoms with E-state index < -0.39 is 5.60 Å². The summed E-state index contributed by atoms with van der Waals surface area (Å²) in [7, 11) is 0. The minimum atomic E-state index is -1.28. The van der Waals surface area contributed by atoms with Crippen molar-refractivity contribution in [3.8, 4) is 0 Å². The molecule has 0 saturated heterocycles. The lowest BCUT2D eigenvalue weighted by Crippen LogP contribution is -2.34. The van der Waals surface area contributed by atoms with E-state index in [-0.39, 0.29) is 17.9 Å². The molecule has 138 valence electrons. The van der Waals surface area contributed by atoms with Crippen LogP contribution in [0.15, 0.2) is 48.5 Å². The van der Waals surface area contributed by atoms with Crippen LogP contribution in [0.4, 0.5) is 11.4 Å². The van der Waals surface area contributed by atoms with Gasteiger partial charge in [0.25, 0.3) is 0 Å². The maximum atomic E-state index is 11.4. The Morgan fingerprint density at radius 2 is 1.27 bits per heavy atom. The molecule has 2 aromatic carbocycles. The number of nitrogens with one attached hydrogen (secondary N) is 2. The van der Waals surface area contributed by atoms with Gasteiger partial charge in [-0.15, -0.1) is 0 Å². The first-order valence-corrected chi connectivity index (χ1v) is 8.45. The molecule has 26 heavy (non-hydrogen) atoms. The first-order valence-electron chi connectivity index (χ1n) is 8.45. The number of rotatable bonds is 6. The quantitative estimate of drug-likeness (QED) is 0.639. The van der Waals surface area contributed by atoms with E-state index in [1.54, 1.807) is 48.5 Å². The van der Waals surface area contributed by atoms with Crippen LogP contribution in [0.5, 0.6) is 0 Å². The predicted octanol–water partition coefficient (Wildman–Crippen LogP) is 2.58. The molecule has 0 fully saturated rings. The maximum Gasteiger partial charge on any atom is 0.221 e. The second kappa shape index (κ2) is 8.12. The highest BCUT2D eigenvalue weighted by molar-refractivity contribution is 5.89. The Labute approximate surface area is 153 Å². The van der Waals surface area contributed by atoms with E-state index in [0.717, 1.165) is 0 Å². The normalized spacial score (nSPS) is 12.3. The zero-order valence-electron chi connectivity index (χ0n) is 15.2. The van der Waals surface area contributed by atoms with Gasteiger partial charge in [-0.2, -0.15) is 0 Å². The number of carbonyl (C=O) groups excluding carboxylic acids is 2. The molecule has 2 amide bonds. The third-order valence-corrected chi connectivity index (χ3v) is 3.98. The molecule has 0 unspecified atom stereocenters. The SMILES string of the molecule is CC(=O)Nc1ccc(C(O)(C[C@H](C)N)c2ccc(NC(C)=O)cc2)cc1. The van der Waals surface area contributed by atoms with Gasteiger partial charge in [-0.1, -0.05) is 24.3 Å². The average molecular weight is 355 g/mol. The summed E-state index contributed by atoms with van der Waals surface area (Å²) in [5, 5.41) is 16.8. The number of amides is 2. The molecular formula is C20H25N3O3. The maximum absolute atomic E-state index is 11.4. The van der Waals surface area contributed by atoms with E-state index in [0.29, 0.717) is 28.9 Å². The van der Waals surface area contributed by atoms with E-state index in [1.165, 1.54) is 13.8 Å². The molecule has 0 aromatic heterocycles. The summed E-state index contributed by atoms with van der Waals surface area (Å²) >= 11 is 0. The van der Waals surface area contributed by atoms with E-state index in [4.69, 9.17) is 5.73 Å². The van der Waals surface area contributed by atoms with E-state index in [2.05, 4.69) is 10.6 Å². The molecule has 6 nitrogen and oxygen atoms in total. The Balaban J connectivity index is 2.38. The van der Waals surface area contributed by atoms with E-state index in [1.807, 2.05) is 6.92 Å². The smallest absolute Gasteiger partial charge is 0.221 e. The fourth-order valence-corrected chi connectivity index (χ4v) is 2.93. The summed E-state index contributed by atoms with van der Waals surface area (Å²) in [6, 6.07) is 13.8. The molecular weight excluding hydrogens is 330 g/mol. The van der Waals surface area contributed by atoms with Crippen molar-refractivity contribution in [2.45, 2.75) is 38.8 Å². The molecule has 0 aliphatic rings. The van der Waals surface area contributed by atoms with Crippen molar-refractivity contribution in [2.75, 3.05) is 10.6 Å². The Morgan fingerprint density at radius 1 is 0.923 bits per heavy atom. The Bertz CT molecular complexity index is 708. The summed E-state index contributed by atoms with van der Waals surface area (Å²) in [6.07, 6.45) is 0.325. The van der Waals surface area contributed by atoms with Crippen molar-refractivity contribution >= 4 is 23.2 Å². The molecule has 0 spiro atoms. The number of carbonyl (C=O) groups is 2.